The van der Waals surface area contributed by atoms with Gasteiger partial charge in [0.25, 0.3) is 0 Å². The summed E-state index contributed by atoms with van der Waals surface area (Å²) < 4.78 is 7.04. The van der Waals surface area contributed by atoms with E-state index in [9.17, 15) is 0 Å². The summed E-state index contributed by atoms with van der Waals surface area (Å²) in [6, 6.07) is 0.384. The third kappa shape index (κ3) is 1.67. The first kappa shape index (κ1) is 9.33. The molecule has 1 fully saturated rings. The summed E-state index contributed by atoms with van der Waals surface area (Å²) in [5.74, 6) is 0. The molecular weight excluding hydrogens is 234 g/mol. The average Bonchev–Trinajstić information content (AvgIpc) is 2.70. The van der Waals surface area contributed by atoms with Gasteiger partial charge in [-0.05, 0) is 0 Å². The zero-order chi connectivity index (χ0) is 10.3. The van der Waals surface area contributed by atoms with Crippen molar-refractivity contribution in [1.82, 2.24) is 14.8 Å². The highest BCUT2D eigenvalue weighted by Crippen LogP contribution is 2.26. The molecule has 0 saturated carbocycles. The Balaban J connectivity index is 1.89. The Morgan fingerprint density at radius 2 is 2.40 bits per heavy atom. The zero-order valence-electron chi connectivity index (χ0n) is 7.76. The molecule has 0 atom stereocenters. The van der Waals surface area contributed by atoms with E-state index in [1.165, 1.54) is 11.3 Å². The normalized spacial score (nSPS) is 16.6. The van der Waals surface area contributed by atoms with Crippen LogP contribution < -0.4 is 0 Å². The van der Waals surface area contributed by atoms with Crippen LogP contribution in [0.4, 0.5) is 0 Å². The van der Waals surface area contributed by atoms with Gasteiger partial charge in [-0.1, -0.05) is 11.6 Å². The van der Waals surface area contributed by atoms with Crippen LogP contribution in [0.25, 0.3) is 10.6 Å². The number of rotatable bonds is 2. The molecule has 6 heteroatoms. The van der Waals surface area contributed by atoms with Crippen molar-refractivity contribution in [3.8, 4) is 10.6 Å². The number of ether oxygens (including phenoxy) is 1. The lowest BCUT2D eigenvalue weighted by Crippen LogP contribution is -2.30. The molecule has 4 nitrogen and oxygen atoms in total. The van der Waals surface area contributed by atoms with Crippen molar-refractivity contribution >= 4 is 22.9 Å². The monoisotopic (exact) mass is 241 g/mol. The number of hydrogen-bond donors (Lipinski definition) is 0. The molecule has 0 bridgehead atoms. The number of aromatic nitrogens is 3. The fourth-order valence-electron chi connectivity index (χ4n) is 1.41. The Kier molecular flexibility index (Phi) is 2.23. The standard InChI is InChI=1S/C9H8ClN3OS/c10-8-5-15-9(12-8)6-1-11-13(2-6)7-3-14-4-7/h1-2,5,7H,3-4H2. The van der Waals surface area contributed by atoms with E-state index >= 15 is 0 Å². The average molecular weight is 242 g/mol. The van der Waals surface area contributed by atoms with Crippen molar-refractivity contribution in [2.75, 3.05) is 13.2 Å². The molecule has 0 aliphatic carbocycles. The number of hydrogen-bond acceptors (Lipinski definition) is 4. The third-order valence-electron chi connectivity index (χ3n) is 2.32. The van der Waals surface area contributed by atoms with Crippen molar-refractivity contribution in [2.24, 2.45) is 0 Å². The van der Waals surface area contributed by atoms with E-state index < -0.39 is 0 Å². The Morgan fingerprint density at radius 3 is 3.00 bits per heavy atom. The molecule has 78 valence electrons. The second-order valence-electron chi connectivity index (χ2n) is 3.38. The summed E-state index contributed by atoms with van der Waals surface area (Å²) in [6.07, 6.45) is 3.80. The third-order valence-corrected chi connectivity index (χ3v) is 3.53. The molecule has 2 aromatic heterocycles. The highest BCUT2D eigenvalue weighted by atomic mass is 35.5. The van der Waals surface area contributed by atoms with Crippen LogP contribution in [0.2, 0.25) is 5.15 Å². The second kappa shape index (κ2) is 3.59. The first-order valence-electron chi connectivity index (χ1n) is 4.56. The molecule has 0 aromatic carbocycles. The molecule has 2 aromatic rings. The molecule has 0 unspecified atom stereocenters. The van der Waals surface area contributed by atoms with Crippen molar-refractivity contribution < 1.29 is 4.74 Å². The zero-order valence-corrected chi connectivity index (χ0v) is 9.33. The number of halogens is 1. The van der Waals surface area contributed by atoms with E-state index in [0.29, 0.717) is 11.2 Å². The summed E-state index contributed by atoms with van der Waals surface area (Å²) in [4.78, 5) is 4.20. The smallest absolute Gasteiger partial charge is 0.140 e. The molecule has 15 heavy (non-hydrogen) atoms. The molecule has 3 rings (SSSR count). The summed E-state index contributed by atoms with van der Waals surface area (Å²) in [6.45, 7) is 1.50. The molecule has 0 amide bonds. The van der Waals surface area contributed by atoms with E-state index in [1.54, 1.807) is 0 Å². The van der Waals surface area contributed by atoms with Gasteiger partial charge >= 0.3 is 0 Å². The lowest BCUT2D eigenvalue weighted by atomic mass is 10.3. The van der Waals surface area contributed by atoms with Crippen LogP contribution in [0.5, 0.6) is 0 Å². The minimum Gasteiger partial charge on any atom is -0.377 e. The Bertz CT molecular complexity index is 477. The second-order valence-corrected chi connectivity index (χ2v) is 4.62. The maximum atomic E-state index is 5.77. The van der Waals surface area contributed by atoms with Gasteiger partial charge in [-0.3, -0.25) is 4.68 Å². The van der Waals surface area contributed by atoms with Crippen LogP contribution in [0.1, 0.15) is 6.04 Å². The van der Waals surface area contributed by atoms with E-state index in [1.807, 2.05) is 22.5 Å². The van der Waals surface area contributed by atoms with Gasteiger partial charge in [0.05, 0.1) is 25.5 Å². The first-order chi connectivity index (χ1) is 7.33. The fraction of sp³-hybridized carbons (Fsp3) is 0.333. The van der Waals surface area contributed by atoms with Gasteiger partial charge in [0, 0.05) is 17.1 Å². The Labute approximate surface area is 95.5 Å². The highest BCUT2D eigenvalue weighted by molar-refractivity contribution is 7.13. The molecule has 3 heterocycles. The van der Waals surface area contributed by atoms with Gasteiger partial charge in [-0.25, -0.2) is 4.98 Å². The van der Waals surface area contributed by atoms with Gasteiger partial charge in [0.2, 0.25) is 0 Å². The predicted molar refractivity (Wildman–Crippen MR) is 58.2 cm³/mol. The molecule has 1 aliphatic heterocycles. The van der Waals surface area contributed by atoms with Gasteiger partial charge in [0.1, 0.15) is 10.2 Å². The van der Waals surface area contributed by atoms with E-state index in [4.69, 9.17) is 16.3 Å². The first-order valence-corrected chi connectivity index (χ1v) is 5.82. The Morgan fingerprint density at radius 1 is 1.53 bits per heavy atom. The molecular formula is C9H8ClN3OS. The lowest BCUT2D eigenvalue weighted by Gasteiger charge is -2.25. The van der Waals surface area contributed by atoms with Crippen molar-refractivity contribution in [1.29, 1.82) is 0 Å². The SMILES string of the molecule is Clc1csc(-c2cnn(C3COC3)c2)n1. The molecule has 0 spiro atoms. The minimum absolute atomic E-state index is 0.384. The summed E-state index contributed by atoms with van der Waals surface area (Å²) in [5.41, 5.74) is 1.01. The maximum absolute atomic E-state index is 5.77. The van der Waals surface area contributed by atoms with Crippen molar-refractivity contribution in [3.63, 3.8) is 0 Å². The van der Waals surface area contributed by atoms with Gasteiger partial charge in [-0.2, -0.15) is 5.10 Å². The maximum Gasteiger partial charge on any atom is 0.140 e. The van der Waals surface area contributed by atoms with Gasteiger partial charge in [0.15, 0.2) is 0 Å². The van der Waals surface area contributed by atoms with Gasteiger partial charge in [-0.15, -0.1) is 11.3 Å². The minimum atomic E-state index is 0.384. The molecule has 1 aliphatic rings. The molecule has 1 saturated heterocycles. The fourth-order valence-corrected chi connectivity index (χ4v) is 2.33. The van der Waals surface area contributed by atoms with Crippen molar-refractivity contribution in [2.45, 2.75) is 6.04 Å². The van der Waals surface area contributed by atoms with Gasteiger partial charge < -0.3 is 4.74 Å². The number of nitrogens with zero attached hydrogens (tertiary/aromatic N) is 3. The summed E-state index contributed by atoms with van der Waals surface area (Å²) >= 11 is 7.30. The highest BCUT2D eigenvalue weighted by Gasteiger charge is 2.21. The van der Waals surface area contributed by atoms with Crippen molar-refractivity contribution in [3.05, 3.63) is 22.9 Å². The van der Waals surface area contributed by atoms with Crippen LogP contribution in [-0.2, 0) is 4.74 Å². The van der Waals surface area contributed by atoms with Crippen LogP contribution >= 0.6 is 22.9 Å². The molecule has 0 radical (unpaired) electrons. The lowest BCUT2D eigenvalue weighted by molar-refractivity contribution is -0.0286. The topological polar surface area (TPSA) is 39.9 Å². The quantitative estimate of drug-likeness (QED) is 0.810. The van der Waals surface area contributed by atoms with Crippen LogP contribution in [-0.4, -0.2) is 28.0 Å². The largest absolute Gasteiger partial charge is 0.377 e. The van der Waals surface area contributed by atoms with E-state index in [0.717, 1.165) is 23.8 Å². The van der Waals surface area contributed by atoms with E-state index in [2.05, 4.69) is 10.1 Å². The summed E-state index contributed by atoms with van der Waals surface area (Å²) in [5, 5.41) is 7.55. The molecule has 0 N–H and O–H groups in total. The summed E-state index contributed by atoms with van der Waals surface area (Å²) in [7, 11) is 0. The predicted octanol–water partition coefficient (Wildman–Crippen LogP) is 2.23. The van der Waals surface area contributed by atoms with Crippen LogP contribution in [0.15, 0.2) is 17.8 Å². The van der Waals surface area contributed by atoms with Crippen LogP contribution in [0.3, 0.4) is 0 Å². The Hall–Kier alpha value is -0.910. The van der Waals surface area contributed by atoms with E-state index in [-0.39, 0.29) is 0 Å². The van der Waals surface area contributed by atoms with Crippen LogP contribution in [0, 0.1) is 0 Å². The number of thiazole rings is 1.